The third-order valence-electron chi connectivity index (χ3n) is 6.58. The molecule has 3 aromatic carbocycles. The van der Waals surface area contributed by atoms with Crippen LogP contribution in [-0.4, -0.2) is 38.7 Å². The van der Waals surface area contributed by atoms with Crippen LogP contribution in [0.2, 0.25) is 0 Å². The van der Waals surface area contributed by atoms with Gasteiger partial charge in [-0.3, -0.25) is 0 Å². The second-order valence-electron chi connectivity index (χ2n) is 9.25. The van der Waals surface area contributed by atoms with Crippen LogP contribution in [0.5, 0.6) is 0 Å². The molecule has 2 heterocycles. The summed E-state index contributed by atoms with van der Waals surface area (Å²) in [5.74, 6) is 1.02. The Hall–Kier alpha value is -3.21. The zero-order valence-electron chi connectivity index (χ0n) is 21.6. The molecule has 9 heteroatoms. The molecular formula is C30H30N2O5S2. The average molecular weight is 563 g/mol. The molecule has 0 amide bonds. The summed E-state index contributed by atoms with van der Waals surface area (Å²) < 4.78 is 40.9. The van der Waals surface area contributed by atoms with Crippen molar-refractivity contribution in [3.8, 4) is 22.6 Å². The van der Waals surface area contributed by atoms with E-state index in [0.717, 1.165) is 23.3 Å². The van der Waals surface area contributed by atoms with E-state index in [1.165, 1.54) is 17.7 Å². The molecule has 2 N–H and O–H groups in total. The smallest absolute Gasteiger partial charge is 0.238 e. The summed E-state index contributed by atoms with van der Waals surface area (Å²) in [6.45, 7) is 1.42. The zero-order chi connectivity index (χ0) is 27.3. The van der Waals surface area contributed by atoms with Crippen LogP contribution >= 0.6 is 11.8 Å². The largest absolute Gasteiger partial charge is 0.436 e. The molecule has 0 unspecified atom stereocenters. The summed E-state index contributed by atoms with van der Waals surface area (Å²) in [6, 6.07) is 24.5. The summed E-state index contributed by atoms with van der Waals surface area (Å²) >= 11 is 1.76. The first-order valence-electron chi connectivity index (χ1n) is 12.6. The molecule has 5 rings (SSSR count). The first kappa shape index (κ1) is 27.4. The van der Waals surface area contributed by atoms with Gasteiger partial charge in [0.05, 0.1) is 18.1 Å². The van der Waals surface area contributed by atoms with E-state index >= 15 is 0 Å². The van der Waals surface area contributed by atoms with Crippen LogP contribution < -0.4 is 5.14 Å². The molecule has 0 aliphatic carbocycles. The quantitative estimate of drug-likeness (QED) is 0.244. The second-order valence-corrected chi connectivity index (χ2v) is 12.2. The van der Waals surface area contributed by atoms with Crippen molar-refractivity contribution in [2.45, 2.75) is 34.0 Å². The Balaban J connectivity index is 1.36. The predicted molar refractivity (Wildman–Crippen MR) is 154 cm³/mol. The SMILES string of the molecule is COC1(Sc2cccc(C/C=C/c3nc(-c4ccccc4)c(-c4ccc(S(N)(=O)=O)cc4)o3)c2)CCOCC1. The number of ether oxygens (including phenoxy) is 2. The number of oxazole rings is 1. The Labute approximate surface area is 233 Å². The van der Waals surface area contributed by atoms with Gasteiger partial charge in [0.25, 0.3) is 0 Å². The van der Waals surface area contributed by atoms with Gasteiger partial charge in [0.1, 0.15) is 10.6 Å². The van der Waals surface area contributed by atoms with Crippen molar-refractivity contribution in [2.24, 2.45) is 5.14 Å². The lowest BCUT2D eigenvalue weighted by Gasteiger charge is -2.35. The number of rotatable bonds is 9. The van der Waals surface area contributed by atoms with Gasteiger partial charge in [0, 0.05) is 36.0 Å². The third-order valence-corrected chi connectivity index (χ3v) is 8.94. The molecule has 1 aliphatic rings. The van der Waals surface area contributed by atoms with E-state index in [4.69, 9.17) is 24.0 Å². The Kier molecular flexibility index (Phi) is 8.34. The highest BCUT2D eigenvalue weighted by atomic mass is 32.2. The van der Waals surface area contributed by atoms with E-state index in [2.05, 4.69) is 24.3 Å². The molecular weight excluding hydrogens is 532 g/mol. The van der Waals surface area contributed by atoms with E-state index in [9.17, 15) is 8.42 Å². The standard InChI is InChI=1S/C30H30N2O5S2/c1-35-30(17-19-36-20-18-30)38-25-11-5-7-22(21-25)8-6-12-27-32-28(23-9-3-2-4-10-23)29(37-27)24-13-15-26(16-14-24)39(31,33)34/h2-7,9-16,21H,8,17-20H2,1H3,(H2,31,33,34)/b12-6+. The highest BCUT2D eigenvalue weighted by molar-refractivity contribution is 8.00. The van der Waals surface area contributed by atoms with Crippen molar-refractivity contribution in [3.05, 3.63) is 96.4 Å². The Morgan fingerprint density at radius 2 is 1.74 bits per heavy atom. The first-order valence-corrected chi connectivity index (χ1v) is 15.0. The molecule has 0 atom stereocenters. The lowest BCUT2D eigenvalue weighted by Crippen LogP contribution is -2.34. The maximum absolute atomic E-state index is 11.7. The maximum Gasteiger partial charge on any atom is 0.238 e. The molecule has 1 aliphatic heterocycles. The normalized spacial score (nSPS) is 15.5. The topological polar surface area (TPSA) is 105 Å². The average Bonchev–Trinajstić information content (AvgIpc) is 3.38. The van der Waals surface area contributed by atoms with Crippen molar-refractivity contribution in [2.75, 3.05) is 20.3 Å². The summed E-state index contributed by atoms with van der Waals surface area (Å²) in [7, 11) is -2.01. The van der Waals surface area contributed by atoms with Crippen LogP contribution in [0.4, 0.5) is 0 Å². The van der Waals surface area contributed by atoms with Crippen LogP contribution in [0.25, 0.3) is 28.7 Å². The van der Waals surface area contributed by atoms with Crippen LogP contribution in [-0.2, 0) is 25.9 Å². The van der Waals surface area contributed by atoms with Crippen LogP contribution in [0.15, 0.2) is 99.1 Å². The second kappa shape index (κ2) is 11.9. The Bertz CT molecular complexity index is 1540. The van der Waals surface area contributed by atoms with Crippen LogP contribution in [0.1, 0.15) is 24.3 Å². The number of thioether (sulfide) groups is 1. The van der Waals surface area contributed by atoms with Crippen molar-refractivity contribution in [1.82, 2.24) is 4.98 Å². The lowest BCUT2D eigenvalue weighted by molar-refractivity contribution is -0.0314. The minimum absolute atomic E-state index is 0.0424. The third kappa shape index (κ3) is 6.69. The number of allylic oxidation sites excluding steroid dienone is 1. The summed E-state index contributed by atoms with van der Waals surface area (Å²) in [4.78, 5) is 5.70. The number of nitrogens with two attached hydrogens (primary N) is 1. The number of nitrogens with zero attached hydrogens (tertiary/aromatic N) is 1. The van der Waals surface area contributed by atoms with Gasteiger partial charge in [0.15, 0.2) is 5.76 Å². The van der Waals surface area contributed by atoms with E-state index in [0.29, 0.717) is 42.5 Å². The molecule has 1 fully saturated rings. The first-order chi connectivity index (χ1) is 18.9. The molecule has 202 valence electrons. The fraction of sp³-hybridized carbons (Fsp3) is 0.233. The highest BCUT2D eigenvalue weighted by Crippen LogP contribution is 2.41. The van der Waals surface area contributed by atoms with Crippen molar-refractivity contribution in [1.29, 1.82) is 0 Å². The van der Waals surface area contributed by atoms with Gasteiger partial charge in [-0.15, -0.1) is 0 Å². The maximum atomic E-state index is 11.7. The van der Waals surface area contributed by atoms with Crippen molar-refractivity contribution in [3.63, 3.8) is 0 Å². The van der Waals surface area contributed by atoms with Gasteiger partial charge < -0.3 is 13.9 Å². The lowest BCUT2D eigenvalue weighted by atomic mass is 10.1. The summed E-state index contributed by atoms with van der Waals surface area (Å²) in [6.07, 6.45) is 6.32. The minimum Gasteiger partial charge on any atom is -0.436 e. The fourth-order valence-corrected chi connectivity index (χ4v) is 6.22. The molecule has 0 radical (unpaired) electrons. The van der Waals surface area contributed by atoms with Gasteiger partial charge in [-0.1, -0.05) is 60.3 Å². The molecule has 1 saturated heterocycles. The van der Waals surface area contributed by atoms with E-state index in [1.807, 2.05) is 42.5 Å². The van der Waals surface area contributed by atoms with E-state index in [1.54, 1.807) is 31.0 Å². The van der Waals surface area contributed by atoms with Crippen LogP contribution in [0.3, 0.4) is 0 Å². The molecule has 4 aromatic rings. The van der Waals surface area contributed by atoms with Crippen molar-refractivity contribution >= 4 is 27.9 Å². The molecule has 7 nitrogen and oxygen atoms in total. The molecule has 0 spiro atoms. The molecule has 0 bridgehead atoms. The number of methoxy groups -OCH3 is 1. The molecule has 0 saturated carbocycles. The van der Waals surface area contributed by atoms with Crippen molar-refractivity contribution < 1.29 is 22.3 Å². The predicted octanol–water partition coefficient (Wildman–Crippen LogP) is 6.16. The fourth-order valence-electron chi connectivity index (χ4n) is 4.47. The van der Waals surface area contributed by atoms with Gasteiger partial charge in [-0.25, -0.2) is 18.5 Å². The van der Waals surface area contributed by atoms with Gasteiger partial charge >= 0.3 is 0 Å². The van der Waals surface area contributed by atoms with Gasteiger partial charge in [0.2, 0.25) is 15.9 Å². The number of hydrogen-bond donors (Lipinski definition) is 1. The van der Waals surface area contributed by atoms with Gasteiger partial charge in [-0.2, -0.15) is 0 Å². The number of benzene rings is 3. The zero-order valence-corrected chi connectivity index (χ0v) is 23.2. The van der Waals surface area contributed by atoms with Gasteiger partial charge in [-0.05, 0) is 54.5 Å². The number of primary sulfonamides is 1. The summed E-state index contributed by atoms with van der Waals surface area (Å²) in [5.41, 5.74) is 3.45. The van der Waals surface area contributed by atoms with Crippen LogP contribution in [0, 0.1) is 0 Å². The highest BCUT2D eigenvalue weighted by Gasteiger charge is 2.33. The Morgan fingerprint density at radius 1 is 1.00 bits per heavy atom. The molecule has 39 heavy (non-hydrogen) atoms. The number of hydrogen-bond acceptors (Lipinski definition) is 7. The number of aromatic nitrogens is 1. The summed E-state index contributed by atoms with van der Waals surface area (Å²) in [5, 5.41) is 5.26. The monoisotopic (exact) mass is 562 g/mol. The van der Waals surface area contributed by atoms with E-state index < -0.39 is 10.0 Å². The molecule has 1 aromatic heterocycles. The number of sulfonamides is 1. The van der Waals surface area contributed by atoms with E-state index in [-0.39, 0.29) is 9.83 Å². The Morgan fingerprint density at radius 3 is 2.44 bits per heavy atom. The minimum atomic E-state index is -3.79.